The molecule has 0 aromatic rings. The Kier molecular flexibility index (Phi) is 4.89. The molecule has 0 aliphatic heterocycles. The van der Waals surface area contributed by atoms with Crippen molar-refractivity contribution in [2.45, 2.75) is 66.2 Å². The number of fused-ring (bicyclic) bond motifs is 1. The topological polar surface area (TPSA) is 54.4 Å². The van der Waals surface area contributed by atoms with Crippen LogP contribution in [-0.2, 0) is 9.59 Å². The quantitative estimate of drug-likeness (QED) is 0.586. The highest BCUT2D eigenvalue weighted by Crippen LogP contribution is 2.61. The number of Topliss-reactive ketones (excluding diaryl/α,β-unsaturated/α-hetero) is 1. The van der Waals surface area contributed by atoms with Gasteiger partial charge in [-0.05, 0) is 60.8 Å². The van der Waals surface area contributed by atoms with E-state index in [1.54, 1.807) is 0 Å². The third kappa shape index (κ3) is 3.15. The number of hydrogen-bond donors (Lipinski definition) is 1. The van der Waals surface area contributed by atoms with Crippen LogP contribution in [0.15, 0.2) is 23.8 Å². The first-order valence-electron chi connectivity index (χ1n) is 8.71. The Hall–Kier alpha value is -1.38. The number of ketones is 1. The fourth-order valence-corrected chi connectivity index (χ4v) is 4.96. The summed E-state index contributed by atoms with van der Waals surface area (Å²) in [5.74, 6) is -0.108. The summed E-state index contributed by atoms with van der Waals surface area (Å²) in [4.78, 5) is 23.4. The maximum atomic E-state index is 12.6. The largest absolute Gasteiger partial charge is 0.481 e. The predicted octanol–water partition coefficient (Wildman–Crippen LogP) is 4.78. The molecule has 2 rings (SSSR count). The van der Waals surface area contributed by atoms with E-state index in [2.05, 4.69) is 40.3 Å². The van der Waals surface area contributed by atoms with Crippen LogP contribution in [0.3, 0.4) is 0 Å². The first-order valence-corrected chi connectivity index (χ1v) is 8.71. The third-order valence-corrected chi connectivity index (χ3v) is 6.89. The van der Waals surface area contributed by atoms with Crippen LogP contribution >= 0.6 is 0 Å². The molecule has 0 bridgehead atoms. The number of rotatable bonds is 5. The van der Waals surface area contributed by atoms with E-state index in [9.17, 15) is 9.59 Å². The summed E-state index contributed by atoms with van der Waals surface area (Å²) in [6.07, 6.45) is 7.04. The minimum Gasteiger partial charge on any atom is -0.481 e. The van der Waals surface area contributed by atoms with Crippen molar-refractivity contribution in [2.24, 2.45) is 22.7 Å². The molecule has 2 aliphatic rings. The van der Waals surface area contributed by atoms with Gasteiger partial charge in [0.15, 0.2) is 5.78 Å². The zero-order valence-corrected chi connectivity index (χ0v) is 14.9. The van der Waals surface area contributed by atoms with Crippen molar-refractivity contribution >= 4 is 11.8 Å². The Bertz CT molecular complexity index is 559. The van der Waals surface area contributed by atoms with Gasteiger partial charge in [-0.3, -0.25) is 9.59 Å². The number of hydrogen-bond acceptors (Lipinski definition) is 2. The van der Waals surface area contributed by atoms with Crippen molar-refractivity contribution in [3.8, 4) is 0 Å². The average molecular weight is 318 g/mol. The second kappa shape index (κ2) is 6.26. The van der Waals surface area contributed by atoms with Crippen LogP contribution in [0.25, 0.3) is 0 Å². The Balaban J connectivity index is 2.27. The Morgan fingerprint density at radius 3 is 2.61 bits per heavy atom. The van der Waals surface area contributed by atoms with E-state index in [4.69, 9.17) is 5.11 Å². The van der Waals surface area contributed by atoms with Gasteiger partial charge in [-0.25, -0.2) is 0 Å². The molecule has 3 heteroatoms. The van der Waals surface area contributed by atoms with E-state index in [0.717, 1.165) is 19.3 Å². The van der Waals surface area contributed by atoms with Gasteiger partial charge in [-0.2, -0.15) is 0 Å². The second-order valence-electron chi connectivity index (χ2n) is 8.15. The standard InChI is InChI=1S/C20H30O3/c1-13(11-18(22)23)16(21)12-20(5)15(3)9-10-19(4)14(2)7-6-8-17(19)20/h7,15,17H,1,6,8-12H2,2-5H3,(H,22,23)/t15-,17+,19+,20+/m1/s1. The normalized spacial score (nSPS) is 36.8. The molecule has 0 aromatic heterocycles. The fraction of sp³-hybridized carbons (Fsp3) is 0.700. The summed E-state index contributed by atoms with van der Waals surface area (Å²) in [6.45, 7) is 12.8. The van der Waals surface area contributed by atoms with Crippen LogP contribution in [0.1, 0.15) is 66.2 Å². The molecule has 1 N–H and O–H groups in total. The molecule has 4 atom stereocenters. The Labute approximate surface area is 139 Å². The van der Waals surface area contributed by atoms with Gasteiger partial charge in [0.05, 0.1) is 6.42 Å². The first kappa shape index (κ1) is 18.0. The van der Waals surface area contributed by atoms with Gasteiger partial charge in [0, 0.05) is 6.42 Å². The fourth-order valence-electron chi connectivity index (χ4n) is 4.96. The zero-order valence-electron chi connectivity index (χ0n) is 14.9. The molecule has 1 saturated carbocycles. The molecule has 128 valence electrons. The highest BCUT2D eigenvalue weighted by Gasteiger charge is 2.53. The van der Waals surface area contributed by atoms with Crippen LogP contribution in [-0.4, -0.2) is 16.9 Å². The van der Waals surface area contributed by atoms with E-state index in [0.29, 0.717) is 18.3 Å². The molecule has 0 amide bonds. The Morgan fingerprint density at radius 2 is 2.00 bits per heavy atom. The van der Waals surface area contributed by atoms with Gasteiger partial charge in [0.2, 0.25) is 0 Å². The monoisotopic (exact) mass is 318 g/mol. The van der Waals surface area contributed by atoms with E-state index < -0.39 is 5.97 Å². The highest BCUT2D eigenvalue weighted by atomic mass is 16.4. The lowest BCUT2D eigenvalue weighted by Crippen LogP contribution is -2.50. The van der Waals surface area contributed by atoms with Crippen molar-refractivity contribution in [3.05, 3.63) is 23.8 Å². The summed E-state index contributed by atoms with van der Waals surface area (Å²) in [5.41, 5.74) is 1.79. The average Bonchev–Trinajstić information content (AvgIpc) is 2.45. The highest BCUT2D eigenvalue weighted by molar-refractivity contribution is 5.98. The predicted molar refractivity (Wildman–Crippen MR) is 92.1 cm³/mol. The van der Waals surface area contributed by atoms with Crippen molar-refractivity contribution in [2.75, 3.05) is 0 Å². The van der Waals surface area contributed by atoms with Crippen molar-refractivity contribution in [1.29, 1.82) is 0 Å². The van der Waals surface area contributed by atoms with Crippen molar-refractivity contribution < 1.29 is 14.7 Å². The molecule has 0 saturated heterocycles. The molecule has 0 aromatic carbocycles. The molecule has 0 heterocycles. The molecule has 1 fully saturated rings. The van der Waals surface area contributed by atoms with Crippen molar-refractivity contribution in [1.82, 2.24) is 0 Å². The molecule has 2 aliphatic carbocycles. The SMILES string of the molecule is C=C(CC(=O)O)C(=O)C[C@@]1(C)[C@H](C)CC[C@@]2(C)C(C)=CCC[C@H]12. The van der Waals surface area contributed by atoms with Crippen LogP contribution in [0, 0.1) is 22.7 Å². The molecular weight excluding hydrogens is 288 g/mol. The summed E-state index contributed by atoms with van der Waals surface area (Å²) >= 11 is 0. The lowest BCUT2D eigenvalue weighted by Gasteiger charge is -2.57. The first-order chi connectivity index (χ1) is 10.6. The van der Waals surface area contributed by atoms with E-state index in [1.807, 2.05) is 0 Å². The number of carbonyl (C=O) groups is 2. The summed E-state index contributed by atoms with van der Waals surface area (Å²) in [6, 6.07) is 0. The van der Waals surface area contributed by atoms with E-state index >= 15 is 0 Å². The van der Waals surface area contributed by atoms with Gasteiger partial charge in [-0.1, -0.05) is 39.0 Å². The summed E-state index contributed by atoms with van der Waals surface area (Å²) < 4.78 is 0. The van der Waals surface area contributed by atoms with E-state index in [-0.39, 0.29) is 28.6 Å². The van der Waals surface area contributed by atoms with Gasteiger partial charge < -0.3 is 5.11 Å². The molecule has 0 spiro atoms. The van der Waals surface area contributed by atoms with Gasteiger partial charge >= 0.3 is 5.97 Å². The number of carboxylic acids is 1. The van der Waals surface area contributed by atoms with Crippen LogP contribution in [0.4, 0.5) is 0 Å². The molecule has 3 nitrogen and oxygen atoms in total. The minimum atomic E-state index is -0.980. The third-order valence-electron chi connectivity index (χ3n) is 6.89. The maximum Gasteiger partial charge on any atom is 0.307 e. The number of carboxylic acid groups (broad SMARTS) is 1. The number of carbonyl (C=O) groups excluding carboxylic acids is 1. The molecular formula is C20H30O3. The Morgan fingerprint density at radius 1 is 1.35 bits per heavy atom. The lowest BCUT2D eigenvalue weighted by atomic mass is 9.47. The van der Waals surface area contributed by atoms with Gasteiger partial charge in [0.1, 0.15) is 0 Å². The smallest absolute Gasteiger partial charge is 0.307 e. The number of aliphatic carboxylic acids is 1. The van der Waals surface area contributed by atoms with Gasteiger partial charge in [-0.15, -0.1) is 0 Å². The maximum absolute atomic E-state index is 12.6. The summed E-state index contributed by atoms with van der Waals surface area (Å²) in [7, 11) is 0. The second-order valence-corrected chi connectivity index (χ2v) is 8.15. The lowest BCUT2D eigenvalue weighted by molar-refractivity contribution is -0.137. The number of allylic oxidation sites excluding steroid dienone is 2. The van der Waals surface area contributed by atoms with E-state index in [1.165, 1.54) is 12.0 Å². The molecule has 0 radical (unpaired) electrons. The van der Waals surface area contributed by atoms with Crippen LogP contribution < -0.4 is 0 Å². The van der Waals surface area contributed by atoms with Crippen molar-refractivity contribution in [3.63, 3.8) is 0 Å². The van der Waals surface area contributed by atoms with Gasteiger partial charge in [0.25, 0.3) is 0 Å². The minimum absolute atomic E-state index is 0.0711. The molecule has 0 unspecified atom stereocenters. The van der Waals surface area contributed by atoms with Crippen LogP contribution in [0.5, 0.6) is 0 Å². The summed E-state index contributed by atoms with van der Waals surface area (Å²) in [5, 5.41) is 8.90. The molecule has 23 heavy (non-hydrogen) atoms. The zero-order chi connectivity index (χ0) is 17.4. The van der Waals surface area contributed by atoms with Crippen LogP contribution in [0.2, 0.25) is 0 Å².